The zero-order valence-electron chi connectivity index (χ0n) is 15.3. The van der Waals surface area contributed by atoms with E-state index in [2.05, 4.69) is 5.32 Å². The van der Waals surface area contributed by atoms with E-state index in [0.29, 0.717) is 0 Å². The van der Waals surface area contributed by atoms with E-state index in [1.165, 1.54) is 12.1 Å². The number of nitrogens with one attached hydrogen (secondary N) is 1. The van der Waals surface area contributed by atoms with Crippen LogP contribution in [-0.4, -0.2) is 11.1 Å². The third-order valence-corrected chi connectivity index (χ3v) is 2.76. The molecule has 0 radical (unpaired) electrons. The minimum absolute atomic E-state index is 0.0679. The van der Waals surface area contributed by atoms with Gasteiger partial charge >= 0.3 is 5.97 Å². The van der Waals surface area contributed by atoms with Crippen LogP contribution in [-0.2, 0) is 11.2 Å². The lowest BCUT2D eigenvalue weighted by Gasteiger charge is -2.13. The highest BCUT2D eigenvalue weighted by Gasteiger charge is 2.10. The first kappa shape index (κ1) is 7.78. The number of carboxylic acid groups (broad SMARTS) is 1. The SMILES string of the molecule is [2H]c1c([2H])c([2H])c(C([2H])([2H])C(=O)O)c(Nc2c(Cl)cccc2Cl)c1[2H]. The van der Waals surface area contributed by atoms with Crippen LogP contribution in [0, 0.1) is 0 Å². The highest BCUT2D eigenvalue weighted by Crippen LogP contribution is 2.33. The molecule has 0 saturated heterocycles. The maximum Gasteiger partial charge on any atom is 0.307 e. The van der Waals surface area contributed by atoms with Crippen LogP contribution in [0.2, 0.25) is 10.0 Å². The topological polar surface area (TPSA) is 49.3 Å². The third-order valence-electron chi connectivity index (χ3n) is 2.13. The number of rotatable bonds is 4. The van der Waals surface area contributed by atoms with Crippen LogP contribution in [0.1, 0.15) is 13.8 Å². The van der Waals surface area contributed by atoms with Crippen molar-refractivity contribution in [2.45, 2.75) is 6.37 Å². The molecule has 0 spiro atoms. The molecule has 0 aromatic heterocycles. The summed E-state index contributed by atoms with van der Waals surface area (Å²) in [6, 6.07) is 1.63. The Kier molecular flexibility index (Phi) is 2.44. The van der Waals surface area contributed by atoms with Gasteiger partial charge in [0.15, 0.2) is 0 Å². The second-order valence-electron chi connectivity index (χ2n) is 3.40. The highest BCUT2D eigenvalue weighted by atomic mass is 35.5. The number of halogens is 2. The van der Waals surface area contributed by atoms with Gasteiger partial charge in [0.25, 0.3) is 0 Å². The Hall–Kier alpha value is -1.71. The summed E-state index contributed by atoms with van der Waals surface area (Å²) >= 11 is 12.0. The molecule has 0 saturated carbocycles. The molecule has 0 atom stereocenters. The van der Waals surface area contributed by atoms with Crippen molar-refractivity contribution < 1.29 is 18.1 Å². The van der Waals surface area contributed by atoms with Gasteiger partial charge in [-0.3, -0.25) is 4.79 Å². The van der Waals surface area contributed by atoms with E-state index in [9.17, 15) is 4.79 Å². The molecule has 0 aliphatic heterocycles. The van der Waals surface area contributed by atoms with E-state index >= 15 is 0 Å². The molecule has 0 fully saturated rings. The second-order valence-corrected chi connectivity index (χ2v) is 4.22. The average molecular weight is 302 g/mol. The normalized spacial score (nSPS) is 15.5. The van der Waals surface area contributed by atoms with Crippen LogP contribution in [0.4, 0.5) is 11.4 Å². The van der Waals surface area contributed by atoms with Crippen LogP contribution in [0.5, 0.6) is 0 Å². The second kappa shape index (κ2) is 5.95. The van der Waals surface area contributed by atoms with Gasteiger partial charge in [-0.05, 0) is 23.7 Å². The van der Waals surface area contributed by atoms with Crippen molar-refractivity contribution in [3.8, 4) is 0 Å². The predicted molar refractivity (Wildman–Crippen MR) is 77.5 cm³/mol. The molecule has 0 heterocycles. The molecule has 3 nitrogen and oxygen atoms in total. The Morgan fingerprint density at radius 3 is 2.58 bits per heavy atom. The summed E-state index contributed by atoms with van der Waals surface area (Å²) in [5.74, 6) is -1.90. The largest absolute Gasteiger partial charge is 0.481 e. The fourth-order valence-corrected chi connectivity index (χ4v) is 1.84. The van der Waals surface area contributed by atoms with E-state index in [0.717, 1.165) is 0 Å². The molecule has 2 N–H and O–H groups in total. The van der Waals surface area contributed by atoms with Gasteiger partial charge in [-0.15, -0.1) is 0 Å². The molecule has 0 bridgehead atoms. The number of hydrogen-bond donors (Lipinski definition) is 2. The summed E-state index contributed by atoms with van der Waals surface area (Å²) in [6.07, 6.45) is -3.08. The molecule has 5 heteroatoms. The Morgan fingerprint density at radius 1 is 1.32 bits per heavy atom. The Bertz CT molecular complexity index is 855. The van der Waals surface area contributed by atoms with Crippen molar-refractivity contribution in [1.82, 2.24) is 0 Å². The lowest BCUT2D eigenvalue weighted by molar-refractivity contribution is -0.136. The zero-order valence-corrected chi connectivity index (χ0v) is 10.9. The molecular weight excluding hydrogens is 285 g/mol. The predicted octanol–water partition coefficient (Wildman–Crippen LogP) is 4.36. The molecule has 98 valence electrons. The van der Waals surface area contributed by atoms with Gasteiger partial charge in [-0.1, -0.05) is 47.4 Å². The zero-order chi connectivity index (χ0) is 19.1. The van der Waals surface area contributed by atoms with Crippen molar-refractivity contribution in [2.75, 3.05) is 5.32 Å². The van der Waals surface area contributed by atoms with Crippen LogP contribution < -0.4 is 5.32 Å². The fourth-order valence-electron chi connectivity index (χ4n) is 1.35. The first-order valence-corrected chi connectivity index (χ1v) is 5.81. The highest BCUT2D eigenvalue weighted by molar-refractivity contribution is 6.39. The Morgan fingerprint density at radius 2 is 1.95 bits per heavy atom. The molecule has 2 rings (SSSR count). The lowest BCUT2D eigenvalue weighted by atomic mass is 10.1. The maximum atomic E-state index is 11.3. The summed E-state index contributed by atoms with van der Waals surface area (Å²) in [5.41, 5.74) is -1.13. The summed E-state index contributed by atoms with van der Waals surface area (Å²) < 4.78 is 46.8. The van der Waals surface area contributed by atoms with Crippen molar-refractivity contribution in [3.05, 3.63) is 58.0 Å². The van der Waals surface area contributed by atoms with Crippen LogP contribution in [0.15, 0.2) is 42.4 Å². The summed E-state index contributed by atoms with van der Waals surface area (Å²) in [4.78, 5) is 11.3. The molecule has 0 aliphatic rings. The number of hydrogen-bond acceptors (Lipinski definition) is 2. The van der Waals surface area contributed by atoms with Crippen LogP contribution >= 0.6 is 23.2 Å². The number of aliphatic carboxylic acids is 1. The van der Waals surface area contributed by atoms with E-state index < -0.39 is 47.8 Å². The number of benzene rings is 2. The minimum atomic E-state index is -3.08. The Labute approximate surface area is 129 Å². The van der Waals surface area contributed by atoms with Gasteiger partial charge in [0.2, 0.25) is 0 Å². The molecule has 2 aromatic rings. The summed E-state index contributed by atoms with van der Waals surface area (Å²) in [6.45, 7) is 0. The van der Waals surface area contributed by atoms with Crippen molar-refractivity contribution in [2.24, 2.45) is 0 Å². The van der Waals surface area contributed by atoms with Crippen molar-refractivity contribution >= 4 is 40.5 Å². The Balaban J connectivity index is 2.83. The minimum Gasteiger partial charge on any atom is -0.481 e. The van der Waals surface area contributed by atoms with Gasteiger partial charge in [0, 0.05) is 8.43 Å². The quantitative estimate of drug-likeness (QED) is 0.882. The van der Waals surface area contributed by atoms with Crippen molar-refractivity contribution in [1.29, 1.82) is 0 Å². The maximum absolute atomic E-state index is 11.3. The number of anilines is 2. The van der Waals surface area contributed by atoms with E-state index in [4.69, 9.17) is 36.5 Å². The average Bonchev–Trinajstić information content (AvgIpc) is 2.53. The molecular formula is C14H11Cl2NO2. The lowest BCUT2D eigenvalue weighted by Crippen LogP contribution is -2.04. The first-order chi connectivity index (χ1) is 11.5. The van der Waals surface area contributed by atoms with Crippen LogP contribution in [0.3, 0.4) is 0 Å². The van der Waals surface area contributed by atoms with E-state index in [-0.39, 0.29) is 15.7 Å². The molecule has 0 aliphatic carbocycles. The monoisotopic (exact) mass is 301 g/mol. The van der Waals surface area contributed by atoms with Gasteiger partial charge in [-0.2, -0.15) is 0 Å². The molecule has 0 amide bonds. The summed E-state index contributed by atoms with van der Waals surface area (Å²) in [7, 11) is 0. The molecule has 2 aromatic carbocycles. The van der Waals surface area contributed by atoms with Gasteiger partial charge in [-0.25, -0.2) is 0 Å². The number of carboxylic acids is 1. The van der Waals surface area contributed by atoms with Gasteiger partial charge in [0.1, 0.15) is 0 Å². The van der Waals surface area contributed by atoms with Crippen LogP contribution in [0.25, 0.3) is 0 Å². The van der Waals surface area contributed by atoms with Gasteiger partial charge in [0.05, 0.1) is 27.6 Å². The van der Waals surface area contributed by atoms with E-state index in [1.54, 1.807) is 6.07 Å². The molecule has 0 unspecified atom stereocenters. The van der Waals surface area contributed by atoms with Gasteiger partial charge < -0.3 is 10.4 Å². The first-order valence-electron chi connectivity index (χ1n) is 8.05. The number of para-hydroxylation sites is 2. The van der Waals surface area contributed by atoms with E-state index in [1.807, 2.05) is 0 Å². The molecule has 19 heavy (non-hydrogen) atoms. The standard InChI is InChI=1S/C14H11Cl2NO2/c15-10-5-3-6-11(16)14(10)17-12-7-2-1-4-9(12)8-13(18)19/h1-7,17H,8H2,(H,18,19)/i1D,2D,4D,7D,8D2. The van der Waals surface area contributed by atoms with Crippen molar-refractivity contribution in [3.63, 3.8) is 0 Å². The summed E-state index contributed by atoms with van der Waals surface area (Å²) in [5, 5.41) is 12.0. The fraction of sp³-hybridized carbons (Fsp3) is 0.0714. The third kappa shape index (κ3) is 3.40. The smallest absolute Gasteiger partial charge is 0.307 e. The number of carbonyl (C=O) groups is 1.